The average molecular weight is 341 g/mol. The van der Waals surface area contributed by atoms with Gasteiger partial charge in [0.2, 0.25) is 5.91 Å². The second kappa shape index (κ2) is 6.42. The first-order valence-electron chi connectivity index (χ1n) is 10.1. The van der Waals surface area contributed by atoms with Gasteiger partial charge in [0.15, 0.2) is 0 Å². The standard InChI is InChI=1S/C22H32N2O/c1-22(2,19-5-3-4-14(13-19)6-7-23)21(25)24-20-17-9-15-8-16(11-17)12-18(20)10-15/h3-5,13,15-18,20H,6-12,23H2,1-2H3,(H,24,25). The molecule has 1 aromatic rings. The van der Waals surface area contributed by atoms with E-state index in [0.29, 0.717) is 12.6 Å². The van der Waals surface area contributed by atoms with Crippen LogP contribution in [0.4, 0.5) is 0 Å². The summed E-state index contributed by atoms with van der Waals surface area (Å²) in [5, 5.41) is 3.49. The predicted octanol–water partition coefficient (Wildman–Crippen LogP) is 3.41. The number of amides is 1. The summed E-state index contributed by atoms with van der Waals surface area (Å²) in [5.74, 6) is 3.52. The molecule has 0 aromatic heterocycles. The lowest BCUT2D eigenvalue weighted by Crippen LogP contribution is -2.58. The Morgan fingerprint density at radius 1 is 1.12 bits per heavy atom. The van der Waals surface area contributed by atoms with Crippen molar-refractivity contribution in [1.29, 1.82) is 0 Å². The van der Waals surface area contributed by atoms with Gasteiger partial charge in [-0.2, -0.15) is 0 Å². The summed E-state index contributed by atoms with van der Waals surface area (Å²) in [4.78, 5) is 13.2. The van der Waals surface area contributed by atoms with E-state index in [1.54, 1.807) is 0 Å². The van der Waals surface area contributed by atoms with Gasteiger partial charge in [-0.1, -0.05) is 24.3 Å². The smallest absolute Gasteiger partial charge is 0.230 e. The molecule has 0 aliphatic heterocycles. The van der Waals surface area contributed by atoms with E-state index in [0.717, 1.165) is 35.7 Å². The molecule has 0 heterocycles. The Labute approximate surface area is 151 Å². The molecule has 4 aliphatic rings. The number of hydrogen-bond acceptors (Lipinski definition) is 2. The molecule has 0 radical (unpaired) electrons. The van der Waals surface area contributed by atoms with Crippen molar-refractivity contribution < 1.29 is 4.79 Å². The Kier molecular flexibility index (Phi) is 4.39. The third-order valence-corrected chi connectivity index (χ3v) is 7.17. The zero-order valence-corrected chi connectivity index (χ0v) is 15.6. The molecule has 5 rings (SSSR count). The maximum atomic E-state index is 13.2. The third kappa shape index (κ3) is 3.12. The number of carbonyl (C=O) groups is 1. The van der Waals surface area contributed by atoms with Crippen LogP contribution < -0.4 is 11.1 Å². The van der Waals surface area contributed by atoms with E-state index in [-0.39, 0.29) is 5.91 Å². The van der Waals surface area contributed by atoms with Gasteiger partial charge in [0.05, 0.1) is 5.41 Å². The first-order valence-corrected chi connectivity index (χ1v) is 10.1. The summed E-state index contributed by atoms with van der Waals surface area (Å²) in [5.41, 5.74) is 7.51. The van der Waals surface area contributed by atoms with Gasteiger partial charge in [0.1, 0.15) is 0 Å². The summed E-state index contributed by atoms with van der Waals surface area (Å²) in [7, 11) is 0. The van der Waals surface area contributed by atoms with Crippen LogP contribution in [-0.4, -0.2) is 18.5 Å². The second-order valence-corrected chi connectivity index (χ2v) is 9.29. The molecule has 4 fully saturated rings. The van der Waals surface area contributed by atoms with Crippen LogP contribution in [0.25, 0.3) is 0 Å². The van der Waals surface area contributed by atoms with Crippen molar-refractivity contribution >= 4 is 5.91 Å². The van der Waals surface area contributed by atoms with Crippen LogP contribution in [0.1, 0.15) is 57.1 Å². The number of rotatable bonds is 5. The van der Waals surface area contributed by atoms with Crippen LogP contribution in [0.3, 0.4) is 0 Å². The Morgan fingerprint density at radius 3 is 2.36 bits per heavy atom. The molecule has 0 unspecified atom stereocenters. The van der Waals surface area contributed by atoms with Crippen LogP contribution >= 0.6 is 0 Å². The Balaban J connectivity index is 1.49. The fraction of sp³-hybridized carbons (Fsp3) is 0.682. The zero-order chi connectivity index (χ0) is 17.6. The maximum Gasteiger partial charge on any atom is 0.230 e. The molecule has 4 aliphatic carbocycles. The molecule has 25 heavy (non-hydrogen) atoms. The summed E-state index contributed by atoms with van der Waals surface area (Å²) in [6.45, 7) is 4.75. The molecule has 1 amide bonds. The highest BCUT2D eigenvalue weighted by Gasteiger charge is 2.49. The van der Waals surface area contributed by atoms with Crippen LogP contribution in [0.2, 0.25) is 0 Å². The normalized spacial score (nSPS) is 33.5. The largest absolute Gasteiger partial charge is 0.352 e. The van der Waals surface area contributed by atoms with Crippen molar-refractivity contribution in [3.8, 4) is 0 Å². The molecule has 1 aromatic carbocycles. The van der Waals surface area contributed by atoms with Gasteiger partial charge in [0, 0.05) is 6.04 Å². The number of benzene rings is 1. The highest BCUT2D eigenvalue weighted by Crippen LogP contribution is 2.53. The van der Waals surface area contributed by atoms with Crippen LogP contribution in [-0.2, 0) is 16.6 Å². The Morgan fingerprint density at radius 2 is 1.76 bits per heavy atom. The van der Waals surface area contributed by atoms with Gasteiger partial charge in [-0.15, -0.1) is 0 Å². The SMILES string of the molecule is CC(C)(C(=O)NC1C2CC3CC(C2)CC1C3)c1cccc(CCN)c1. The molecule has 4 saturated carbocycles. The third-order valence-electron chi connectivity index (χ3n) is 7.17. The second-order valence-electron chi connectivity index (χ2n) is 9.29. The van der Waals surface area contributed by atoms with Crippen molar-refractivity contribution in [1.82, 2.24) is 5.32 Å². The zero-order valence-electron chi connectivity index (χ0n) is 15.6. The minimum Gasteiger partial charge on any atom is -0.352 e. The van der Waals surface area contributed by atoms with Gasteiger partial charge in [-0.05, 0) is 93.7 Å². The maximum absolute atomic E-state index is 13.2. The molecule has 3 N–H and O–H groups in total. The quantitative estimate of drug-likeness (QED) is 0.863. The minimum absolute atomic E-state index is 0.190. The Bertz CT molecular complexity index is 623. The number of carbonyl (C=O) groups excluding carboxylic acids is 1. The van der Waals surface area contributed by atoms with E-state index >= 15 is 0 Å². The van der Waals surface area contributed by atoms with Gasteiger partial charge >= 0.3 is 0 Å². The first kappa shape index (κ1) is 17.1. The molecule has 4 bridgehead atoms. The molecule has 0 saturated heterocycles. The van der Waals surface area contributed by atoms with Gasteiger partial charge in [-0.25, -0.2) is 0 Å². The van der Waals surface area contributed by atoms with E-state index < -0.39 is 5.41 Å². The number of hydrogen-bond donors (Lipinski definition) is 2. The van der Waals surface area contributed by atoms with E-state index in [1.165, 1.54) is 37.7 Å². The van der Waals surface area contributed by atoms with Crippen molar-refractivity contribution in [2.45, 2.75) is 63.8 Å². The summed E-state index contributed by atoms with van der Waals surface area (Å²) in [6.07, 6.45) is 7.66. The average Bonchev–Trinajstić information content (AvgIpc) is 2.58. The van der Waals surface area contributed by atoms with Gasteiger partial charge in [-0.3, -0.25) is 4.79 Å². The van der Waals surface area contributed by atoms with Crippen LogP contribution in [0.5, 0.6) is 0 Å². The van der Waals surface area contributed by atoms with E-state index in [1.807, 2.05) is 0 Å². The molecule has 0 atom stereocenters. The van der Waals surface area contributed by atoms with Gasteiger partial charge in [0.25, 0.3) is 0 Å². The summed E-state index contributed by atoms with van der Waals surface area (Å²) < 4.78 is 0. The number of nitrogens with two attached hydrogens (primary N) is 1. The van der Waals surface area contributed by atoms with E-state index in [4.69, 9.17) is 5.73 Å². The van der Waals surface area contributed by atoms with Gasteiger partial charge < -0.3 is 11.1 Å². The molecule has 3 nitrogen and oxygen atoms in total. The monoisotopic (exact) mass is 340 g/mol. The minimum atomic E-state index is -0.501. The van der Waals surface area contributed by atoms with E-state index in [2.05, 4.69) is 43.4 Å². The highest BCUT2D eigenvalue weighted by atomic mass is 16.2. The lowest BCUT2D eigenvalue weighted by molar-refractivity contribution is -0.129. The molecule has 0 spiro atoms. The first-order chi connectivity index (χ1) is 12.0. The molecule has 136 valence electrons. The van der Waals surface area contributed by atoms with E-state index in [9.17, 15) is 4.79 Å². The lowest BCUT2D eigenvalue weighted by atomic mass is 9.54. The molecule has 3 heteroatoms. The fourth-order valence-electron chi connectivity index (χ4n) is 5.91. The van der Waals surface area contributed by atoms with Crippen molar-refractivity contribution in [2.75, 3.05) is 6.54 Å². The summed E-state index contributed by atoms with van der Waals surface area (Å²) >= 11 is 0. The van der Waals surface area contributed by atoms with Crippen molar-refractivity contribution in [3.63, 3.8) is 0 Å². The van der Waals surface area contributed by atoms with Crippen molar-refractivity contribution in [2.24, 2.45) is 29.4 Å². The predicted molar refractivity (Wildman–Crippen MR) is 101 cm³/mol. The topological polar surface area (TPSA) is 55.1 Å². The Hall–Kier alpha value is -1.35. The fourth-order valence-corrected chi connectivity index (χ4v) is 5.91. The highest BCUT2D eigenvalue weighted by molar-refractivity contribution is 5.87. The molecular formula is C22H32N2O. The lowest BCUT2D eigenvalue weighted by Gasteiger charge is -2.54. The van der Waals surface area contributed by atoms with Crippen LogP contribution in [0, 0.1) is 23.7 Å². The number of nitrogens with one attached hydrogen (secondary N) is 1. The summed E-state index contributed by atoms with van der Waals surface area (Å²) in [6, 6.07) is 8.80. The van der Waals surface area contributed by atoms with Crippen molar-refractivity contribution in [3.05, 3.63) is 35.4 Å². The van der Waals surface area contributed by atoms with Crippen LogP contribution in [0.15, 0.2) is 24.3 Å². The molecular weight excluding hydrogens is 308 g/mol.